The van der Waals surface area contributed by atoms with Crippen LogP contribution in [0.1, 0.15) is 278 Å². The van der Waals surface area contributed by atoms with Crippen LogP contribution in [0.3, 0.4) is 0 Å². The highest BCUT2D eigenvalue weighted by Crippen LogP contribution is 2.17. The lowest BCUT2D eigenvalue weighted by molar-refractivity contribution is -0.167. The summed E-state index contributed by atoms with van der Waals surface area (Å²) in [6, 6.07) is 0. The Bertz CT molecular complexity index is 843. The molecule has 0 bridgehead atoms. The SMILES string of the molecule is CCCCCCCCCCCCCCCCCC(=O)OC[C@@H](COC(=O)CCCCCCCCCCCCC(C)CC)OC(=O)CCCCCCCCCCC. The summed E-state index contributed by atoms with van der Waals surface area (Å²) in [6.07, 6.45) is 45.1. The van der Waals surface area contributed by atoms with Gasteiger partial charge in [0.2, 0.25) is 0 Å². The van der Waals surface area contributed by atoms with Gasteiger partial charge in [0.15, 0.2) is 6.10 Å². The summed E-state index contributed by atoms with van der Waals surface area (Å²) in [4.78, 5) is 37.8. The summed E-state index contributed by atoms with van der Waals surface area (Å²) >= 11 is 0. The molecule has 0 aromatic rings. The van der Waals surface area contributed by atoms with Crippen LogP contribution in [0.5, 0.6) is 0 Å². The van der Waals surface area contributed by atoms with Gasteiger partial charge in [-0.2, -0.15) is 0 Å². The van der Waals surface area contributed by atoms with Crippen molar-refractivity contribution in [3.8, 4) is 0 Å². The lowest BCUT2D eigenvalue weighted by atomic mass is 9.99. The van der Waals surface area contributed by atoms with Crippen LogP contribution in [0.2, 0.25) is 0 Å². The third-order valence-corrected chi connectivity index (χ3v) is 11.7. The van der Waals surface area contributed by atoms with Crippen LogP contribution >= 0.6 is 0 Å². The van der Waals surface area contributed by atoms with E-state index in [0.29, 0.717) is 19.3 Å². The summed E-state index contributed by atoms with van der Waals surface area (Å²) in [6.45, 7) is 9.02. The summed E-state index contributed by atoms with van der Waals surface area (Å²) in [5.74, 6) is 0.0196. The van der Waals surface area contributed by atoms with Gasteiger partial charge >= 0.3 is 17.9 Å². The van der Waals surface area contributed by atoms with E-state index in [0.717, 1.165) is 63.7 Å². The summed E-state index contributed by atoms with van der Waals surface area (Å²) in [5, 5.41) is 0. The number of hydrogen-bond donors (Lipinski definition) is 0. The average Bonchev–Trinajstić information content (AvgIpc) is 3.19. The van der Waals surface area contributed by atoms with Crippen molar-refractivity contribution in [1.82, 2.24) is 0 Å². The minimum atomic E-state index is -0.759. The maximum Gasteiger partial charge on any atom is 0.306 e. The molecule has 0 saturated heterocycles. The summed E-state index contributed by atoms with van der Waals surface area (Å²) < 4.78 is 16.8. The number of esters is 3. The molecular formula is C50H96O6. The van der Waals surface area contributed by atoms with Crippen LogP contribution in [0.25, 0.3) is 0 Å². The van der Waals surface area contributed by atoms with Crippen molar-refractivity contribution in [3.63, 3.8) is 0 Å². The largest absolute Gasteiger partial charge is 0.462 e. The van der Waals surface area contributed by atoms with Gasteiger partial charge in [-0.1, -0.05) is 240 Å². The number of carbonyl (C=O) groups is 3. The zero-order valence-electron chi connectivity index (χ0n) is 38.1. The van der Waals surface area contributed by atoms with Gasteiger partial charge < -0.3 is 14.2 Å². The van der Waals surface area contributed by atoms with Gasteiger partial charge in [0.05, 0.1) is 0 Å². The molecule has 0 amide bonds. The van der Waals surface area contributed by atoms with Crippen LogP contribution in [-0.2, 0) is 28.6 Å². The van der Waals surface area contributed by atoms with Gasteiger partial charge in [-0.25, -0.2) is 0 Å². The zero-order chi connectivity index (χ0) is 41.0. The predicted molar refractivity (Wildman–Crippen MR) is 238 cm³/mol. The fourth-order valence-electron chi connectivity index (χ4n) is 7.48. The van der Waals surface area contributed by atoms with Crippen LogP contribution in [0.15, 0.2) is 0 Å². The maximum atomic E-state index is 12.7. The minimum absolute atomic E-state index is 0.0633. The first-order chi connectivity index (χ1) is 27.4. The zero-order valence-corrected chi connectivity index (χ0v) is 38.1. The number of ether oxygens (including phenoxy) is 3. The van der Waals surface area contributed by atoms with E-state index in [1.54, 1.807) is 0 Å². The normalized spacial score (nSPS) is 12.4. The van der Waals surface area contributed by atoms with Crippen molar-refractivity contribution >= 4 is 17.9 Å². The molecule has 0 N–H and O–H groups in total. The molecule has 1 unspecified atom stereocenters. The molecule has 0 aliphatic carbocycles. The van der Waals surface area contributed by atoms with Gasteiger partial charge in [-0.05, 0) is 25.2 Å². The Balaban J connectivity index is 4.26. The van der Waals surface area contributed by atoms with E-state index in [4.69, 9.17) is 14.2 Å². The first-order valence-electron chi connectivity index (χ1n) is 24.9. The topological polar surface area (TPSA) is 78.9 Å². The van der Waals surface area contributed by atoms with E-state index in [1.165, 1.54) is 173 Å². The molecule has 0 fully saturated rings. The smallest absolute Gasteiger partial charge is 0.306 e. The van der Waals surface area contributed by atoms with E-state index in [1.807, 2.05) is 0 Å². The van der Waals surface area contributed by atoms with Crippen LogP contribution in [-0.4, -0.2) is 37.2 Å². The lowest BCUT2D eigenvalue weighted by Crippen LogP contribution is -2.30. The molecule has 0 saturated carbocycles. The molecule has 0 radical (unpaired) electrons. The Morgan fingerprint density at radius 3 is 0.929 bits per heavy atom. The van der Waals surface area contributed by atoms with Gasteiger partial charge in [0, 0.05) is 19.3 Å². The van der Waals surface area contributed by atoms with E-state index in [-0.39, 0.29) is 31.1 Å². The molecule has 0 aliphatic heterocycles. The second-order valence-corrected chi connectivity index (χ2v) is 17.3. The fourth-order valence-corrected chi connectivity index (χ4v) is 7.48. The van der Waals surface area contributed by atoms with Crippen LogP contribution in [0.4, 0.5) is 0 Å². The monoisotopic (exact) mass is 793 g/mol. The van der Waals surface area contributed by atoms with E-state index >= 15 is 0 Å². The minimum Gasteiger partial charge on any atom is -0.462 e. The second kappa shape index (κ2) is 44.5. The molecular weight excluding hydrogens is 697 g/mol. The third-order valence-electron chi connectivity index (χ3n) is 11.7. The highest BCUT2D eigenvalue weighted by molar-refractivity contribution is 5.71. The molecule has 0 aromatic heterocycles. The first kappa shape index (κ1) is 54.4. The van der Waals surface area contributed by atoms with E-state index in [9.17, 15) is 14.4 Å². The van der Waals surface area contributed by atoms with E-state index in [2.05, 4.69) is 27.7 Å². The Morgan fingerprint density at radius 2 is 0.625 bits per heavy atom. The second-order valence-electron chi connectivity index (χ2n) is 17.3. The quantitative estimate of drug-likeness (QED) is 0.0347. The Hall–Kier alpha value is -1.59. The predicted octanol–water partition coefficient (Wildman–Crippen LogP) is 15.9. The van der Waals surface area contributed by atoms with Gasteiger partial charge in [0.25, 0.3) is 0 Å². The molecule has 0 heterocycles. The number of hydrogen-bond acceptors (Lipinski definition) is 6. The number of unbranched alkanes of at least 4 members (excludes halogenated alkanes) is 31. The Morgan fingerprint density at radius 1 is 0.357 bits per heavy atom. The van der Waals surface area contributed by atoms with E-state index < -0.39 is 6.10 Å². The van der Waals surface area contributed by atoms with Crippen molar-refractivity contribution in [3.05, 3.63) is 0 Å². The van der Waals surface area contributed by atoms with Crippen molar-refractivity contribution in [2.45, 2.75) is 284 Å². The number of rotatable bonds is 45. The van der Waals surface area contributed by atoms with Crippen molar-refractivity contribution in [1.29, 1.82) is 0 Å². The Labute approximate surface area is 348 Å². The van der Waals surface area contributed by atoms with Crippen molar-refractivity contribution < 1.29 is 28.6 Å². The molecule has 0 aliphatic rings. The molecule has 332 valence electrons. The third kappa shape index (κ3) is 42.0. The molecule has 0 aromatic carbocycles. The fraction of sp³-hybridized carbons (Fsp3) is 0.940. The highest BCUT2D eigenvalue weighted by atomic mass is 16.6. The van der Waals surface area contributed by atoms with Gasteiger partial charge in [0.1, 0.15) is 13.2 Å². The number of carbonyl (C=O) groups excluding carboxylic acids is 3. The molecule has 0 spiro atoms. The summed E-state index contributed by atoms with van der Waals surface area (Å²) in [7, 11) is 0. The first-order valence-corrected chi connectivity index (χ1v) is 24.9. The van der Waals surface area contributed by atoms with Crippen molar-refractivity contribution in [2.24, 2.45) is 5.92 Å². The summed E-state index contributed by atoms with van der Waals surface area (Å²) in [5.41, 5.74) is 0. The standard InChI is InChI=1S/C50H96O6/c1-5-8-10-12-14-16-17-18-19-20-21-26-29-33-37-41-48(51)54-44-47(56-50(53)43-39-35-31-24-15-13-11-9-6-2)45-55-49(52)42-38-34-30-27-23-22-25-28-32-36-40-46(4)7-3/h46-47H,5-45H2,1-4H3/t46?,47-/m0/s1. The molecule has 6 heteroatoms. The Kier molecular flexibility index (Phi) is 43.2. The maximum absolute atomic E-state index is 12.7. The van der Waals surface area contributed by atoms with Gasteiger partial charge in [-0.15, -0.1) is 0 Å². The molecule has 2 atom stereocenters. The van der Waals surface area contributed by atoms with Crippen LogP contribution < -0.4 is 0 Å². The average molecular weight is 793 g/mol. The lowest BCUT2D eigenvalue weighted by Gasteiger charge is -2.18. The molecule has 0 rings (SSSR count). The van der Waals surface area contributed by atoms with Crippen molar-refractivity contribution in [2.75, 3.05) is 13.2 Å². The van der Waals surface area contributed by atoms with Gasteiger partial charge in [-0.3, -0.25) is 14.4 Å². The molecule has 56 heavy (non-hydrogen) atoms. The highest BCUT2D eigenvalue weighted by Gasteiger charge is 2.19. The van der Waals surface area contributed by atoms with Crippen LogP contribution in [0, 0.1) is 5.92 Å². The molecule has 6 nitrogen and oxygen atoms in total.